The highest BCUT2D eigenvalue weighted by atomic mass is 31.2. The van der Waals surface area contributed by atoms with Crippen LogP contribution in [0, 0.1) is 20.8 Å². The molecule has 0 aliphatic carbocycles. The Kier molecular flexibility index (Phi) is 20.8. The summed E-state index contributed by atoms with van der Waals surface area (Å²) in [6.45, 7) is 69.3. The molecule has 0 unspecified atom stereocenters. The summed E-state index contributed by atoms with van der Waals surface area (Å²) in [5.74, 6) is 4.11. The topological polar surface area (TPSA) is 55.4 Å². The van der Waals surface area contributed by atoms with E-state index in [2.05, 4.69) is 287 Å². The van der Waals surface area contributed by atoms with Crippen molar-refractivity contribution in [1.29, 1.82) is 0 Å². The Morgan fingerprint density at radius 1 is 0.291 bits per heavy atom. The molecule has 0 bridgehead atoms. The molecule has 0 heterocycles. The fraction of sp³-hybridized carbons (Fsp3) is 0.577. The lowest BCUT2D eigenvalue weighted by atomic mass is 9.79. The Morgan fingerprint density at radius 3 is 0.848 bits per heavy atom. The van der Waals surface area contributed by atoms with E-state index < -0.39 is 17.2 Å². The lowest BCUT2D eigenvalue weighted by molar-refractivity contribution is 0.275. The smallest absolute Gasteiger partial charge is 0.417 e. The highest BCUT2D eigenvalue weighted by Crippen LogP contribution is 2.52. The first kappa shape index (κ1) is 67.4. The summed E-state index contributed by atoms with van der Waals surface area (Å²) in [5, 5.41) is 0. The van der Waals surface area contributed by atoms with Crippen LogP contribution < -0.4 is 22.6 Å². The van der Waals surface area contributed by atoms with Crippen molar-refractivity contribution in [3.8, 4) is 28.7 Å². The van der Waals surface area contributed by atoms with Crippen LogP contribution in [0.25, 0.3) is 0 Å². The summed E-state index contributed by atoms with van der Waals surface area (Å²) < 4.78 is 39.9. The predicted octanol–water partition coefficient (Wildman–Crippen LogP) is 22.5. The Labute approximate surface area is 486 Å². The maximum Gasteiger partial charge on any atom is 0.530 e. The van der Waals surface area contributed by atoms with E-state index in [1.54, 1.807) is 0 Å². The van der Waals surface area contributed by atoms with E-state index in [0.29, 0.717) is 6.61 Å². The van der Waals surface area contributed by atoms with Gasteiger partial charge in [-0.3, -0.25) is 4.52 Å². The molecule has 0 atom stereocenters. The minimum absolute atomic E-state index is 0.0240. The number of benzene rings is 5. The Hall–Kier alpha value is -4.08. The van der Waals surface area contributed by atoms with Crippen molar-refractivity contribution in [3.63, 3.8) is 0 Å². The average molecular weight is 1120 g/mol. The molecular formula is C71H108O6P2. The molecule has 6 nitrogen and oxygen atoms in total. The van der Waals surface area contributed by atoms with Crippen molar-refractivity contribution in [2.24, 2.45) is 0 Å². The molecule has 8 heteroatoms. The zero-order chi connectivity index (χ0) is 60.6. The highest BCUT2D eigenvalue weighted by molar-refractivity contribution is 7.43. The first-order valence-electron chi connectivity index (χ1n) is 28.9. The molecule has 0 aromatic heterocycles. The summed E-state index contributed by atoms with van der Waals surface area (Å²) in [6.07, 6.45) is 0. The average Bonchev–Trinajstić information content (AvgIpc) is 3.25. The van der Waals surface area contributed by atoms with Crippen LogP contribution in [0.1, 0.15) is 261 Å². The van der Waals surface area contributed by atoms with Gasteiger partial charge < -0.3 is 22.6 Å². The number of hydrogen-bond donors (Lipinski definition) is 0. The first-order valence-corrected chi connectivity index (χ1v) is 31.1. The number of aryl methyl sites for hydroxylation is 3. The molecule has 0 saturated heterocycles. The molecule has 0 fully saturated rings. The van der Waals surface area contributed by atoms with Crippen LogP contribution in [0.4, 0.5) is 0 Å². The van der Waals surface area contributed by atoms with Crippen LogP contribution in [-0.2, 0) is 53.3 Å². The molecule has 438 valence electrons. The number of rotatable bonds is 12. The molecule has 0 spiro atoms. The van der Waals surface area contributed by atoms with Gasteiger partial charge in [0.05, 0.1) is 6.61 Å². The highest BCUT2D eigenvalue weighted by Gasteiger charge is 2.34. The maximum atomic E-state index is 6.83. The summed E-state index contributed by atoms with van der Waals surface area (Å²) in [5.41, 5.74) is 13.9. The van der Waals surface area contributed by atoms with Crippen molar-refractivity contribution in [2.75, 3.05) is 6.61 Å². The van der Waals surface area contributed by atoms with E-state index in [0.717, 1.165) is 56.6 Å². The molecule has 5 rings (SSSR count). The van der Waals surface area contributed by atoms with Gasteiger partial charge in [-0.15, -0.1) is 0 Å². The number of hydrogen-bond acceptors (Lipinski definition) is 6. The van der Waals surface area contributed by atoms with Gasteiger partial charge in [0.2, 0.25) is 0 Å². The molecule has 0 saturated carbocycles. The van der Waals surface area contributed by atoms with Gasteiger partial charge in [-0.1, -0.05) is 253 Å². The third kappa shape index (κ3) is 18.5. The molecule has 5 aromatic rings. The summed E-state index contributed by atoms with van der Waals surface area (Å²) in [6, 6.07) is 28.5. The first-order chi connectivity index (χ1) is 35.5. The normalized spacial score (nSPS) is 13.3. The zero-order valence-corrected chi connectivity index (χ0v) is 57.3. The van der Waals surface area contributed by atoms with Crippen LogP contribution >= 0.6 is 17.2 Å². The quantitative estimate of drug-likeness (QED) is 0.116. The molecule has 79 heavy (non-hydrogen) atoms. The zero-order valence-electron chi connectivity index (χ0n) is 55.6. The molecular weight excluding hydrogens is 1010 g/mol. The Morgan fingerprint density at radius 2 is 0.570 bits per heavy atom. The van der Waals surface area contributed by atoms with Crippen molar-refractivity contribution >= 4 is 17.2 Å². The second-order valence-corrected chi connectivity index (χ2v) is 33.4. The van der Waals surface area contributed by atoms with Gasteiger partial charge in [0.1, 0.15) is 28.7 Å². The molecule has 0 amide bonds. The lowest BCUT2D eigenvalue weighted by Gasteiger charge is -2.31. The maximum absolute atomic E-state index is 6.83. The molecule has 0 N–H and O–H groups in total. The summed E-state index contributed by atoms with van der Waals surface area (Å²) >= 11 is 0. The van der Waals surface area contributed by atoms with Gasteiger partial charge in [-0.05, 0) is 128 Å². The van der Waals surface area contributed by atoms with Crippen molar-refractivity contribution < 1.29 is 27.1 Å². The van der Waals surface area contributed by atoms with E-state index >= 15 is 0 Å². The van der Waals surface area contributed by atoms with Crippen LogP contribution in [0.5, 0.6) is 28.7 Å². The molecule has 5 aromatic carbocycles. The fourth-order valence-corrected chi connectivity index (χ4v) is 11.2. The van der Waals surface area contributed by atoms with E-state index in [-0.39, 0.29) is 48.7 Å². The van der Waals surface area contributed by atoms with E-state index in [1.165, 1.54) is 38.9 Å². The fourth-order valence-electron chi connectivity index (χ4n) is 9.03. The third-order valence-electron chi connectivity index (χ3n) is 14.2. The summed E-state index contributed by atoms with van der Waals surface area (Å²) in [4.78, 5) is 0. The van der Waals surface area contributed by atoms with Crippen LogP contribution in [0.2, 0.25) is 0 Å². The second kappa shape index (κ2) is 24.4. The predicted molar refractivity (Wildman–Crippen MR) is 343 cm³/mol. The third-order valence-corrected chi connectivity index (χ3v) is 16.4. The van der Waals surface area contributed by atoms with Gasteiger partial charge in [0, 0.05) is 27.8 Å². The van der Waals surface area contributed by atoms with Gasteiger partial charge >= 0.3 is 17.2 Å². The van der Waals surface area contributed by atoms with Gasteiger partial charge in [-0.25, -0.2) is 0 Å². The van der Waals surface area contributed by atoms with Crippen LogP contribution in [-0.4, -0.2) is 6.61 Å². The molecule has 0 radical (unpaired) electrons. The van der Waals surface area contributed by atoms with Crippen LogP contribution in [0.15, 0.2) is 78.9 Å². The standard InChI is InChI=1S/C39H57O3P.C32H51O3P/c1-26-17-20-32(29(23-26)37(8,9)10)40-43(41-33-21-18-27(35(2,3)4)24-30(33)38(11,12)13)42-34-22-19-28(36(5,6)7)25-31(34)39(14,15)16;1-16-33-36(34-27-21(2)17-23(29(4,5)6)19-25(27)31(10,11)12)35-28-22(3)18-24(30(7,8)9)20-26(28)32(13,14)15/h17-25H,1-16H3;17-20H,16H2,1-15H3. The largest absolute Gasteiger partial charge is 0.530 e. The van der Waals surface area contributed by atoms with Gasteiger partial charge in [0.25, 0.3) is 0 Å². The van der Waals surface area contributed by atoms with Crippen molar-refractivity contribution in [3.05, 3.63) is 146 Å². The van der Waals surface area contributed by atoms with Crippen LogP contribution in [0.3, 0.4) is 0 Å². The second-order valence-electron chi connectivity index (χ2n) is 31.3. The van der Waals surface area contributed by atoms with Crippen molar-refractivity contribution in [2.45, 2.75) is 263 Å². The minimum atomic E-state index is -1.86. The molecule has 0 aliphatic heterocycles. The lowest BCUT2D eigenvalue weighted by Crippen LogP contribution is -2.19. The van der Waals surface area contributed by atoms with E-state index in [4.69, 9.17) is 27.1 Å². The Balaban J connectivity index is 0.000000346. The van der Waals surface area contributed by atoms with E-state index in [9.17, 15) is 0 Å². The Bertz CT molecular complexity index is 2700. The summed E-state index contributed by atoms with van der Waals surface area (Å²) in [7, 11) is -3.51. The SMILES string of the molecule is CCOP(Oc1c(C)cc(C(C)(C)C)cc1C(C)(C)C)Oc1c(C)cc(C(C)(C)C)cc1C(C)(C)C.Cc1ccc(OP(Oc2ccc(C(C)(C)C)cc2C(C)(C)C)Oc2ccc(C(C)(C)C)cc2C(C)(C)C)c(C(C)(C)C)c1. The monoisotopic (exact) mass is 1120 g/mol. The van der Waals surface area contributed by atoms with Gasteiger partial charge in [-0.2, -0.15) is 0 Å². The minimum Gasteiger partial charge on any atom is -0.417 e. The van der Waals surface area contributed by atoms with Gasteiger partial charge in [0.15, 0.2) is 0 Å². The van der Waals surface area contributed by atoms with Crippen molar-refractivity contribution in [1.82, 2.24) is 0 Å². The molecule has 0 aliphatic rings. The van der Waals surface area contributed by atoms with E-state index in [1.807, 2.05) is 6.92 Å².